The fourth-order valence-electron chi connectivity index (χ4n) is 7.46. The molecule has 4 heteroatoms. The minimum absolute atomic E-state index is 0.0405. The van der Waals surface area contributed by atoms with Crippen LogP contribution in [0.2, 0.25) is 0 Å². The van der Waals surface area contributed by atoms with E-state index in [0.29, 0.717) is 6.42 Å². The zero-order valence-corrected chi connectivity index (χ0v) is 29.3. The molecule has 2 unspecified atom stereocenters. The van der Waals surface area contributed by atoms with Crippen molar-refractivity contribution in [1.29, 1.82) is 0 Å². The number of benzene rings is 6. The predicted molar refractivity (Wildman–Crippen MR) is 219 cm³/mol. The molecule has 0 radical (unpaired) electrons. The molecule has 0 spiro atoms. The number of nitrogens with zero attached hydrogens (tertiary/aromatic N) is 2. The molecular formula is C47H43N3O. The van der Waals surface area contributed by atoms with Gasteiger partial charge < -0.3 is 15.3 Å². The van der Waals surface area contributed by atoms with Gasteiger partial charge in [-0.15, -0.1) is 0 Å². The van der Waals surface area contributed by atoms with Crippen LogP contribution >= 0.6 is 0 Å². The third kappa shape index (κ3) is 6.73. The first-order valence-corrected chi connectivity index (χ1v) is 17.5. The van der Waals surface area contributed by atoms with Crippen LogP contribution in [0.15, 0.2) is 181 Å². The summed E-state index contributed by atoms with van der Waals surface area (Å²) < 4.78 is 0. The third-order valence-corrected chi connectivity index (χ3v) is 9.93. The average molecular weight is 666 g/mol. The molecule has 0 saturated carbocycles. The van der Waals surface area contributed by atoms with Crippen molar-refractivity contribution in [2.24, 2.45) is 4.99 Å². The Bertz CT molecular complexity index is 2350. The van der Waals surface area contributed by atoms with Gasteiger partial charge in [0.05, 0.1) is 28.9 Å². The molecule has 0 amide bonds. The normalized spacial score (nSPS) is 15.6. The molecular weight excluding hydrogens is 623 g/mol. The van der Waals surface area contributed by atoms with E-state index < -0.39 is 0 Å². The Morgan fingerprint density at radius 1 is 0.804 bits per heavy atom. The number of aliphatic imine (C=N–C) groups is 1. The van der Waals surface area contributed by atoms with E-state index >= 15 is 0 Å². The zero-order chi connectivity index (χ0) is 35.5. The topological polar surface area (TPSA) is 47.9 Å². The Kier molecular flexibility index (Phi) is 9.41. The Balaban J connectivity index is 1.34. The fourth-order valence-corrected chi connectivity index (χ4v) is 7.46. The second kappa shape index (κ2) is 14.4. The minimum Gasteiger partial charge on any atom is -0.513 e. The number of nitrogens with one attached hydrogen (secondary N) is 1. The number of hydrogen-bond acceptors (Lipinski definition) is 4. The highest BCUT2D eigenvalue weighted by atomic mass is 16.3. The molecule has 1 aliphatic rings. The Morgan fingerprint density at radius 3 is 2.33 bits per heavy atom. The standard InChI is InChI=1S/C47H43N3O/c1-6-44-41-22-13-12-21-39(41)42(25-23-31(2)29-32(3)51)46(49-44)33(4)50(5)47-43-26-24-35-17-10-11-20-38(35)40(43)27-28-45(47)48-37-19-14-18-36(30-37)34-15-8-7-9-16-34/h6-22,24,26-30,42,46,48,51H,1-2,4,23,25H2,3,5H3/b32-29+. The molecule has 4 nitrogen and oxygen atoms in total. The molecule has 1 aliphatic heterocycles. The van der Waals surface area contributed by atoms with E-state index in [1.54, 1.807) is 13.0 Å². The van der Waals surface area contributed by atoms with Crippen molar-refractivity contribution in [2.75, 3.05) is 17.3 Å². The molecule has 6 aromatic rings. The number of fused-ring (bicyclic) bond motifs is 4. The molecule has 252 valence electrons. The summed E-state index contributed by atoms with van der Waals surface area (Å²) in [6, 6.07) is 44.6. The van der Waals surface area contributed by atoms with Crippen molar-refractivity contribution in [3.8, 4) is 11.1 Å². The highest BCUT2D eigenvalue weighted by Crippen LogP contribution is 2.44. The fraction of sp³-hybridized carbons (Fsp3) is 0.128. The SMILES string of the molecule is C=CC1=NC(C(=C)N(C)c2c(Nc3cccc(-c4ccccc4)c3)ccc3c2ccc2ccccc23)C(CCC(=C)/C=C(\C)O)c2ccccc21. The molecule has 0 saturated heterocycles. The predicted octanol–water partition coefficient (Wildman–Crippen LogP) is 12.3. The molecule has 0 aromatic heterocycles. The van der Waals surface area contributed by atoms with Crippen LogP contribution in [0, 0.1) is 0 Å². The van der Waals surface area contributed by atoms with Crippen molar-refractivity contribution in [3.63, 3.8) is 0 Å². The third-order valence-electron chi connectivity index (χ3n) is 9.93. The minimum atomic E-state index is -0.255. The Morgan fingerprint density at radius 2 is 1.53 bits per heavy atom. The molecule has 1 heterocycles. The van der Waals surface area contributed by atoms with E-state index in [1.165, 1.54) is 27.3 Å². The first-order chi connectivity index (χ1) is 24.8. The number of anilines is 3. The lowest BCUT2D eigenvalue weighted by Gasteiger charge is -2.37. The molecule has 7 rings (SSSR count). The molecule has 0 aliphatic carbocycles. The number of aliphatic hydroxyl groups is 1. The van der Waals surface area contributed by atoms with Gasteiger partial charge in [-0.1, -0.05) is 135 Å². The van der Waals surface area contributed by atoms with Gasteiger partial charge in [0, 0.05) is 35.3 Å². The maximum atomic E-state index is 9.92. The lowest BCUT2D eigenvalue weighted by molar-refractivity contribution is 0.413. The first-order valence-electron chi connectivity index (χ1n) is 17.5. The molecule has 6 aromatic carbocycles. The summed E-state index contributed by atoms with van der Waals surface area (Å²) in [5.74, 6) is 0.299. The second-order valence-electron chi connectivity index (χ2n) is 13.3. The Hall–Kier alpha value is -6.13. The summed E-state index contributed by atoms with van der Waals surface area (Å²) in [7, 11) is 2.11. The second-order valence-corrected chi connectivity index (χ2v) is 13.3. The van der Waals surface area contributed by atoms with Gasteiger partial charge in [0.2, 0.25) is 0 Å². The number of likely N-dealkylation sites (N-methyl/N-ethyl adjacent to an activating group) is 1. The zero-order valence-electron chi connectivity index (χ0n) is 29.3. The van der Waals surface area contributed by atoms with Gasteiger partial charge in [-0.05, 0) is 83.0 Å². The van der Waals surface area contributed by atoms with Crippen LogP contribution in [0.3, 0.4) is 0 Å². The van der Waals surface area contributed by atoms with Gasteiger partial charge in [0.25, 0.3) is 0 Å². The van der Waals surface area contributed by atoms with Gasteiger partial charge >= 0.3 is 0 Å². The summed E-state index contributed by atoms with van der Waals surface area (Å²) in [6.45, 7) is 14.8. The molecule has 0 bridgehead atoms. The van der Waals surface area contributed by atoms with E-state index in [2.05, 4.69) is 152 Å². The summed E-state index contributed by atoms with van der Waals surface area (Å²) in [6.07, 6.45) is 5.11. The van der Waals surface area contributed by atoms with Gasteiger partial charge in [0.15, 0.2) is 0 Å². The van der Waals surface area contributed by atoms with Crippen molar-refractivity contribution in [3.05, 3.63) is 187 Å². The highest BCUT2D eigenvalue weighted by Gasteiger charge is 2.34. The van der Waals surface area contributed by atoms with Crippen LogP contribution < -0.4 is 10.2 Å². The van der Waals surface area contributed by atoms with Crippen LogP contribution in [0.25, 0.3) is 32.7 Å². The summed E-state index contributed by atoms with van der Waals surface area (Å²) in [4.78, 5) is 7.56. The van der Waals surface area contributed by atoms with E-state index in [4.69, 9.17) is 11.6 Å². The lowest BCUT2D eigenvalue weighted by Crippen LogP contribution is -2.34. The van der Waals surface area contributed by atoms with Gasteiger partial charge in [-0.2, -0.15) is 0 Å². The van der Waals surface area contributed by atoms with Crippen molar-refractivity contribution >= 4 is 44.3 Å². The van der Waals surface area contributed by atoms with Crippen molar-refractivity contribution in [1.82, 2.24) is 0 Å². The van der Waals surface area contributed by atoms with Crippen LogP contribution in [-0.4, -0.2) is 23.9 Å². The van der Waals surface area contributed by atoms with Gasteiger partial charge in [-0.3, -0.25) is 4.99 Å². The van der Waals surface area contributed by atoms with E-state index in [-0.39, 0.29) is 17.7 Å². The molecule has 0 fully saturated rings. The van der Waals surface area contributed by atoms with Crippen molar-refractivity contribution in [2.45, 2.75) is 31.7 Å². The summed E-state index contributed by atoms with van der Waals surface area (Å²) >= 11 is 0. The summed E-state index contributed by atoms with van der Waals surface area (Å²) in [5.41, 5.74) is 10.3. The lowest BCUT2D eigenvalue weighted by atomic mass is 9.79. The maximum absolute atomic E-state index is 9.92. The monoisotopic (exact) mass is 665 g/mol. The smallest absolute Gasteiger partial charge is 0.0969 e. The molecule has 51 heavy (non-hydrogen) atoms. The van der Waals surface area contributed by atoms with Crippen LogP contribution in [0.5, 0.6) is 0 Å². The summed E-state index contributed by atoms with van der Waals surface area (Å²) in [5, 5.41) is 18.4. The van der Waals surface area contributed by atoms with Crippen LogP contribution in [0.1, 0.15) is 36.8 Å². The molecule has 2 N–H and O–H groups in total. The quantitative estimate of drug-likeness (QED) is 0.0822. The number of aliphatic hydroxyl groups excluding tert-OH is 1. The number of hydrogen-bond donors (Lipinski definition) is 2. The van der Waals surface area contributed by atoms with E-state index in [0.717, 1.165) is 57.0 Å². The molecule has 2 atom stereocenters. The van der Waals surface area contributed by atoms with Crippen molar-refractivity contribution < 1.29 is 5.11 Å². The maximum Gasteiger partial charge on any atom is 0.0969 e. The van der Waals surface area contributed by atoms with E-state index in [9.17, 15) is 5.11 Å². The number of allylic oxidation sites excluding steroid dienone is 4. The van der Waals surface area contributed by atoms with Crippen LogP contribution in [-0.2, 0) is 0 Å². The Labute approximate surface area is 301 Å². The van der Waals surface area contributed by atoms with Gasteiger partial charge in [0.1, 0.15) is 0 Å². The first kappa shape index (κ1) is 33.4. The highest BCUT2D eigenvalue weighted by molar-refractivity contribution is 6.14. The van der Waals surface area contributed by atoms with Crippen LogP contribution in [0.4, 0.5) is 17.1 Å². The number of rotatable bonds is 11. The average Bonchev–Trinajstić information content (AvgIpc) is 3.16. The van der Waals surface area contributed by atoms with E-state index in [1.807, 2.05) is 12.1 Å². The van der Waals surface area contributed by atoms with Gasteiger partial charge in [-0.25, -0.2) is 0 Å². The largest absolute Gasteiger partial charge is 0.513 e.